The fourth-order valence-electron chi connectivity index (χ4n) is 3.08. The minimum atomic E-state index is 0. The first-order valence-electron chi connectivity index (χ1n) is 10.1. The Morgan fingerprint density at radius 2 is 1.34 bits per heavy atom. The third-order valence-corrected chi connectivity index (χ3v) is 4.69. The van der Waals surface area contributed by atoms with E-state index in [1.54, 1.807) is 41.6 Å². The predicted molar refractivity (Wildman–Crippen MR) is 138 cm³/mol. The number of nitrogens with one attached hydrogen (secondary N) is 2. The highest BCUT2D eigenvalue weighted by molar-refractivity contribution is 14.0. The number of hydrogen-bond acceptors (Lipinski definition) is 6. The highest BCUT2D eigenvalue weighted by Gasteiger charge is 2.12. The number of benzene rings is 2. The summed E-state index contributed by atoms with van der Waals surface area (Å²) in [6.07, 6.45) is 0.810. The first kappa shape index (κ1) is 27.5. The molecular weight excluding hydrogens is 525 g/mol. The van der Waals surface area contributed by atoms with E-state index in [0.29, 0.717) is 30.3 Å². The molecule has 0 heterocycles. The van der Waals surface area contributed by atoms with Crippen LogP contribution in [0.3, 0.4) is 0 Å². The van der Waals surface area contributed by atoms with Crippen LogP contribution in [0.2, 0.25) is 0 Å². The van der Waals surface area contributed by atoms with Crippen LogP contribution in [0.1, 0.15) is 18.1 Å². The fraction of sp³-hybridized carbons (Fsp3) is 0.435. The van der Waals surface area contributed by atoms with Gasteiger partial charge in [0.15, 0.2) is 29.0 Å². The number of hydrogen-bond donors (Lipinski definition) is 2. The average molecular weight is 559 g/mol. The largest absolute Gasteiger partial charge is 0.496 e. The van der Waals surface area contributed by atoms with Crippen molar-refractivity contribution < 1.29 is 23.7 Å². The molecule has 0 spiro atoms. The monoisotopic (exact) mass is 559 g/mol. The topological polar surface area (TPSA) is 82.6 Å². The molecule has 0 aliphatic rings. The molecule has 0 saturated carbocycles. The molecule has 32 heavy (non-hydrogen) atoms. The molecule has 9 heteroatoms. The maximum atomic E-state index is 5.49. The molecule has 0 aliphatic heterocycles. The van der Waals surface area contributed by atoms with Crippen molar-refractivity contribution >= 4 is 29.9 Å². The highest BCUT2D eigenvalue weighted by Crippen LogP contribution is 2.35. The molecule has 2 rings (SSSR count). The molecule has 0 radical (unpaired) electrons. The zero-order valence-electron chi connectivity index (χ0n) is 19.6. The Morgan fingerprint density at radius 1 is 0.750 bits per heavy atom. The van der Waals surface area contributed by atoms with E-state index < -0.39 is 0 Å². The van der Waals surface area contributed by atoms with Crippen LogP contribution in [0.25, 0.3) is 0 Å². The Hall–Kier alpha value is -2.56. The molecule has 2 aromatic carbocycles. The number of methoxy groups -OCH3 is 5. The SMILES string of the molecule is CCNC(=NCc1cc(OC)c(OC)cc1OC)NCCc1ccc(OC)c(OC)c1.I. The second-order valence-electron chi connectivity index (χ2n) is 6.58. The lowest BCUT2D eigenvalue weighted by Gasteiger charge is -2.15. The lowest BCUT2D eigenvalue weighted by Crippen LogP contribution is -2.38. The van der Waals surface area contributed by atoms with Gasteiger partial charge in [-0.25, -0.2) is 4.99 Å². The van der Waals surface area contributed by atoms with Gasteiger partial charge in [0.1, 0.15) is 5.75 Å². The van der Waals surface area contributed by atoms with E-state index in [1.165, 1.54) is 0 Å². The summed E-state index contributed by atoms with van der Waals surface area (Å²) in [4.78, 5) is 4.69. The zero-order valence-corrected chi connectivity index (χ0v) is 21.9. The number of aliphatic imine (C=N–C) groups is 1. The van der Waals surface area contributed by atoms with Gasteiger partial charge in [-0.2, -0.15) is 0 Å². The van der Waals surface area contributed by atoms with Crippen LogP contribution in [0, 0.1) is 0 Å². The van der Waals surface area contributed by atoms with Gasteiger partial charge in [0, 0.05) is 24.7 Å². The Kier molecular flexibility index (Phi) is 12.4. The van der Waals surface area contributed by atoms with Crippen LogP contribution in [-0.4, -0.2) is 54.6 Å². The number of nitrogens with zero attached hydrogens (tertiary/aromatic N) is 1. The third-order valence-electron chi connectivity index (χ3n) is 4.69. The van der Waals surface area contributed by atoms with E-state index in [0.717, 1.165) is 41.6 Å². The van der Waals surface area contributed by atoms with E-state index >= 15 is 0 Å². The van der Waals surface area contributed by atoms with E-state index in [2.05, 4.69) is 15.6 Å². The average Bonchev–Trinajstić information content (AvgIpc) is 2.81. The summed E-state index contributed by atoms with van der Waals surface area (Å²) >= 11 is 0. The minimum Gasteiger partial charge on any atom is -0.496 e. The van der Waals surface area contributed by atoms with Crippen molar-refractivity contribution in [3.05, 3.63) is 41.5 Å². The lowest BCUT2D eigenvalue weighted by atomic mass is 10.1. The summed E-state index contributed by atoms with van der Waals surface area (Å²) in [5.41, 5.74) is 2.04. The van der Waals surface area contributed by atoms with Gasteiger partial charge in [-0.3, -0.25) is 0 Å². The molecular formula is C23H34IN3O5. The van der Waals surface area contributed by atoms with Gasteiger partial charge in [-0.05, 0) is 37.1 Å². The van der Waals surface area contributed by atoms with Gasteiger partial charge in [-0.15, -0.1) is 24.0 Å². The summed E-state index contributed by atoms with van der Waals surface area (Å²) < 4.78 is 26.9. The summed E-state index contributed by atoms with van der Waals surface area (Å²) in [5, 5.41) is 6.63. The first-order chi connectivity index (χ1) is 15.1. The molecule has 178 valence electrons. The standard InChI is InChI=1S/C23H33N3O5.HI/c1-7-24-23(25-11-10-16-8-9-18(27-2)20(12-16)29-4)26-15-17-13-21(30-5)22(31-6)14-19(17)28-3;/h8-9,12-14H,7,10-11,15H2,1-6H3,(H2,24,25,26);1H. The highest BCUT2D eigenvalue weighted by atomic mass is 127. The summed E-state index contributed by atoms with van der Waals surface area (Å²) in [7, 11) is 8.10. The number of rotatable bonds is 11. The van der Waals surface area contributed by atoms with Crippen molar-refractivity contribution in [2.24, 2.45) is 4.99 Å². The fourth-order valence-corrected chi connectivity index (χ4v) is 3.08. The molecule has 0 fully saturated rings. The predicted octanol–water partition coefficient (Wildman–Crippen LogP) is 3.65. The second-order valence-corrected chi connectivity index (χ2v) is 6.58. The molecule has 2 aromatic rings. The Morgan fingerprint density at radius 3 is 1.94 bits per heavy atom. The van der Waals surface area contributed by atoms with Crippen LogP contribution in [0.5, 0.6) is 28.7 Å². The van der Waals surface area contributed by atoms with Crippen molar-refractivity contribution in [3.8, 4) is 28.7 Å². The van der Waals surface area contributed by atoms with Crippen molar-refractivity contribution in [3.63, 3.8) is 0 Å². The van der Waals surface area contributed by atoms with Crippen LogP contribution >= 0.6 is 24.0 Å². The molecule has 0 unspecified atom stereocenters. The van der Waals surface area contributed by atoms with E-state index in [1.807, 2.05) is 31.2 Å². The molecule has 0 saturated heterocycles. The van der Waals surface area contributed by atoms with Crippen LogP contribution in [0.4, 0.5) is 0 Å². The molecule has 0 aliphatic carbocycles. The van der Waals surface area contributed by atoms with E-state index in [4.69, 9.17) is 23.7 Å². The second kappa shape index (κ2) is 14.5. The van der Waals surface area contributed by atoms with Gasteiger partial charge in [0.2, 0.25) is 0 Å². The van der Waals surface area contributed by atoms with Gasteiger partial charge in [-0.1, -0.05) is 6.07 Å². The Labute approximate surface area is 207 Å². The van der Waals surface area contributed by atoms with Gasteiger partial charge >= 0.3 is 0 Å². The van der Waals surface area contributed by atoms with Crippen molar-refractivity contribution in [1.29, 1.82) is 0 Å². The third kappa shape index (κ3) is 7.54. The molecule has 0 aromatic heterocycles. The zero-order chi connectivity index (χ0) is 22.6. The Balaban J connectivity index is 0.00000512. The van der Waals surface area contributed by atoms with Crippen LogP contribution in [0.15, 0.2) is 35.3 Å². The molecule has 2 N–H and O–H groups in total. The Bertz CT molecular complexity index is 877. The molecule has 0 bridgehead atoms. The van der Waals surface area contributed by atoms with E-state index in [-0.39, 0.29) is 24.0 Å². The van der Waals surface area contributed by atoms with Crippen LogP contribution < -0.4 is 34.3 Å². The van der Waals surface area contributed by atoms with Crippen LogP contribution in [-0.2, 0) is 13.0 Å². The summed E-state index contributed by atoms with van der Waals surface area (Å²) in [6, 6.07) is 9.62. The number of halogens is 1. The molecule has 8 nitrogen and oxygen atoms in total. The van der Waals surface area contributed by atoms with Gasteiger partial charge in [0.05, 0.1) is 42.1 Å². The van der Waals surface area contributed by atoms with Crippen molar-refractivity contribution in [2.75, 3.05) is 48.6 Å². The molecule has 0 atom stereocenters. The first-order valence-corrected chi connectivity index (χ1v) is 10.1. The van der Waals surface area contributed by atoms with Gasteiger partial charge < -0.3 is 34.3 Å². The number of ether oxygens (including phenoxy) is 5. The summed E-state index contributed by atoms with van der Waals surface area (Å²) in [6.45, 7) is 3.92. The van der Waals surface area contributed by atoms with Crippen molar-refractivity contribution in [2.45, 2.75) is 19.9 Å². The minimum absolute atomic E-state index is 0. The number of guanidine groups is 1. The quantitative estimate of drug-likeness (QED) is 0.247. The normalized spacial score (nSPS) is 10.6. The lowest BCUT2D eigenvalue weighted by molar-refractivity contribution is 0.347. The molecule has 0 amide bonds. The summed E-state index contributed by atoms with van der Waals surface area (Å²) in [5.74, 6) is 4.12. The van der Waals surface area contributed by atoms with E-state index in [9.17, 15) is 0 Å². The van der Waals surface area contributed by atoms with Crippen molar-refractivity contribution in [1.82, 2.24) is 10.6 Å². The smallest absolute Gasteiger partial charge is 0.191 e. The maximum Gasteiger partial charge on any atom is 0.191 e. The van der Waals surface area contributed by atoms with Gasteiger partial charge in [0.25, 0.3) is 0 Å². The maximum absolute atomic E-state index is 5.49.